The molecule has 2 amide bonds. The summed E-state index contributed by atoms with van der Waals surface area (Å²) in [6.45, 7) is 0. The van der Waals surface area contributed by atoms with Crippen molar-refractivity contribution in [3.63, 3.8) is 0 Å². The molecule has 0 unspecified atom stereocenters. The van der Waals surface area contributed by atoms with Gasteiger partial charge in [-0.05, 0) is 42.5 Å². The van der Waals surface area contributed by atoms with Gasteiger partial charge in [0, 0.05) is 17.3 Å². The Morgan fingerprint density at radius 1 is 0.973 bits per heavy atom. The largest absolute Gasteiger partial charge is 0.494 e. The number of carboxylic acid groups (broad SMARTS) is 1. The number of amides is 2. The number of nitrogens with one attached hydrogen (secondary N) is 2. The van der Waals surface area contributed by atoms with E-state index in [4.69, 9.17) is 16.3 Å². The van der Waals surface area contributed by atoms with Crippen LogP contribution in [0.15, 0.2) is 54.6 Å². The number of carboxylic acids is 1. The molecule has 3 rings (SSSR count). The zero-order chi connectivity index (χ0) is 27.5. The number of nitro groups is 1. The molecule has 0 aliphatic carbocycles. The molecule has 10 nitrogen and oxygen atoms in total. The number of benzene rings is 3. The van der Waals surface area contributed by atoms with E-state index in [1.807, 2.05) is 0 Å². The Bertz CT molecular complexity index is 1430. The summed E-state index contributed by atoms with van der Waals surface area (Å²) >= 11 is 5.57. The molecule has 0 bridgehead atoms. The summed E-state index contributed by atoms with van der Waals surface area (Å²) in [7, 11) is 1.22. The van der Waals surface area contributed by atoms with Crippen LogP contribution < -0.4 is 15.4 Å². The molecule has 3 N–H and O–H groups in total. The predicted octanol–water partition coefficient (Wildman–Crippen LogP) is 5.48. The highest BCUT2D eigenvalue weighted by Crippen LogP contribution is 2.36. The van der Waals surface area contributed by atoms with Crippen LogP contribution in [0.25, 0.3) is 0 Å². The molecule has 0 aliphatic heterocycles. The highest BCUT2D eigenvalue weighted by Gasteiger charge is 2.33. The van der Waals surface area contributed by atoms with Gasteiger partial charge in [0.25, 0.3) is 17.5 Å². The maximum atomic E-state index is 13.1. The van der Waals surface area contributed by atoms with Crippen molar-refractivity contribution in [1.29, 1.82) is 0 Å². The number of nitro benzene ring substituents is 1. The lowest BCUT2D eigenvalue weighted by atomic mass is 10.0. The van der Waals surface area contributed by atoms with Crippen molar-refractivity contribution in [3.05, 3.63) is 92.0 Å². The molecule has 0 aliphatic rings. The van der Waals surface area contributed by atoms with Crippen molar-refractivity contribution in [1.82, 2.24) is 0 Å². The molecule has 37 heavy (non-hydrogen) atoms. The number of anilines is 2. The minimum atomic E-state index is -4.80. The molecule has 0 spiro atoms. The number of carbonyl (C=O) groups is 3. The monoisotopic (exact) mass is 537 g/mol. The van der Waals surface area contributed by atoms with Gasteiger partial charge in [0.2, 0.25) is 0 Å². The van der Waals surface area contributed by atoms with E-state index in [2.05, 4.69) is 10.6 Å². The quantitative estimate of drug-likeness (QED) is 0.267. The minimum absolute atomic E-state index is 0.0362. The molecule has 192 valence electrons. The van der Waals surface area contributed by atoms with Gasteiger partial charge in [-0.1, -0.05) is 11.6 Å². The van der Waals surface area contributed by atoms with Gasteiger partial charge < -0.3 is 20.5 Å². The molecule has 3 aromatic carbocycles. The van der Waals surface area contributed by atoms with Gasteiger partial charge in [-0.3, -0.25) is 19.7 Å². The molecule has 0 fully saturated rings. The van der Waals surface area contributed by atoms with E-state index in [-0.39, 0.29) is 28.4 Å². The highest BCUT2D eigenvalue weighted by molar-refractivity contribution is 6.31. The summed E-state index contributed by atoms with van der Waals surface area (Å²) in [6.07, 6.45) is -4.80. The Hall–Kier alpha value is -4.65. The van der Waals surface area contributed by atoms with Crippen molar-refractivity contribution < 1.29 is 42.3 Å². The number of carbonyl (C=O) groups excluding carboxylic acids is 2. The van der Waals surface area contributed by atoms with Gasteiger partial charge in [0.05, 0.1) is 45.5 Å². The lowest BCUT2D eigenvalue weighted by molar-refractivity contribution is -0.384. The first-order valence-corrected chi connectivity index (χ1v) is 10.4. The van der Waals surface area contributed by atoms with Crippen LogP contribution in [0.2, 0.25) is 5.02 Å². The fourth-order valence-corrected chi connectivity index (χ4v) is 3.39. The summed E-state index contributed by atoms with van der Waals surface area (Å²) in [5.41, 5.74) is -3.00. The Labute approximate surface area is 210 Å². The highest BCUT2D eigenvalue weighted by atomic mass is 35.5. The topological polar surface area (TPSA) is 148 Å². The van der Waals surface area contributed by atoms with Crippen LogP contribution in [0, 0.1) is 10.1 Å². The van der Waals surface area contributed by atoms with Crippen LogP contribution >= 0.6 is 11.6 Å². The number of hydrogen-bond donors (Lipinski definition) is 3. The Morgan fingerprint density at radius 2 is 1.68 bits per heavy atom. The van der Waals surface area contributed by atoms with Crippen molar-refractivity contribution in [3.8, 4) is 5.75 Å². The average Bonchev–Trinajstić information content (AvgIpc) is 2.84. The molecule has 0 saturated carbocycles. The summed E-state index contributed by atoms with van der Waals surface area (Å²) in [4.78, 5) is 47.5. The summed E-state index contributed by atoms with van der Waals surface area (Å²) in [5, 5.41) is 24.4. The van der Waals surface area contributed by atoms with Gasteiger partial charge in [0.15, 0.2) is 0 Å². The Morgan fingerprint density at radius 3 is 2.27 bits per heavy atom. The average molecular weight is 538 g/mol. The zero-order valence-electron chi connectivity index (χ0n) is 18.6. The second kappa shape index (κ2) is 10.5. The van der Waals surface area contributed by atoms with E-state index in [0.717, 1.165) is 42.5 Å². The SMILES string of the molecule is COc1cc([N+](=O)[O-])ccc1NC(=O)c1ccc(C(=O)O)c(C(=O)Nc2ccc(Cl)c(C(F)(F)F)c2)c1. The van der Waals surface area contributed by atoms with Crippen molar-refractivity contribution in [2.24, 2.45) is 0 Å². The standard InChI is InChI=1S/C23H15ClF3N3O7/c1-37-19-10-13(30(35)36)4-7-18(19)29-20(31)11-2-5-14(22(33)34)15(8-11)21(32)28-12-3-6-17(24)16(9-12)23(25,26)27/h2-10H,1H3,(H,28,32)(H,29,31)(H,33,34). The molecular weight excluding hydrogens is 523 g/mol. The van der Waals surface area contributed by atoms with Crippen LogP contribution in [-0.2, 0) is 6.18 Å². The first kappa shape index (κ1) is 26.9. The van der Waals surface area contributed by atoms with Crippen molar-refractivity contribution in [2.75, 3.05) is 17.7 Å². The molecule has 14 heteroatoms. The predicted molar refractivity (Wildman–Crippen MR) is 125 cm³/mol. The fraction of sp³-hybridized carbons (Fsp3) is 0.0870. The smallest absolute Gasteiger partial charge is 0.417 e. The number of rotatable bonds is 7. The van der Waals surface area contributed by atoms with Gasteiger partial charge in [-0.25, -0.2) is 4.79 Å². The van der Waals surface area contributed by atoms with Crippen LogP contribution in [0.5, 0.6) is 5.75 Å². The third-order valence-corrected chi connectivity index (χ3v) is 5.26. The molecule has 0 saturated heterocycles. The number of ether oxygens (including phenoxy) is 1. The lowest BCUT2D eigenvalue weighted by Gasteiger charge is -2.14. The molecular formula is C23H15ClF3N3O7. The van der Waals surface area contributed by atoms with Crippen molar-refractivity contribution in [2.45, 2.75) is 6.18 Å². The number of nitrogens with zero attached hydrogens (tertiary/aromatic N) is 1. The van der Waals surface area contributed by atoms with E-state index in [0.29, 0.717) is 6.07 Å². The van der Waals surface area contributed by atoms with E-state index < -0.39 is 50.6 Å². The number of hydrogen-bond acceptors (Lipinski definition) is 6. The van der Waals surface area contributed by atoms with E-state index in [9.17, 15) is 42.8 Å². The maximum absolute atomic E-state index is 13.1. The third kappa shape index (κ3) is 6.13. The van der Waals surface area contributed by atoms with Crippen molar-refractivity contribution >= 4 is 46.4 Å². The Balaban J connectivity index is 1.93. The molecule has 3 aromatic rings. The molecule has 0 atom stereocenters. The molecule has 0 radical (unpaired) electrons. The van der Waals surface area contributed by atoms with Crippen LogP contribution in [0.1, 0.15) is 36.6 Å². The second-order valence-electron chi connectivity index (χ2n) is 7.31. The van der Waals surface area contributed by atoms with Gasteiger partial charge in [-0.2, -0.15) is 13.2 Å². The van der Waals surface area contributed by atoms with Gasteiger partial charge in [0.1, 0.15) is 5.75 Å². The number of halogens is 4. The first-order valence-electron chi connectivity index (χ1n) is 10.0. The van der Waals surface area contributed by atoms with Crippen LogP contribution in [0.3, 0.4) is 0 Å². The number of non-ortho nitro benzene ring substituents is 1. The summed E-state index contributed by atoms with van der Waals surface area (Å²) in [6, 6.07) is 9.01. The van der Waals surface area contributed by atoms with Crippen LogP contribution in [0.4, 0.5) is 30.2 Å². The normalized spacial score (nSPS) is 10.9. The number of methoxy groups -OCH3 is 1. The fourth-order valence-electron chi connectivity index (χ4n) is 3.17. The third-order valence-electron chi connectivity index (χ3n) is 4.93. The first-order chi connectivity index (χ1) is 17.3. The lowest BCUT2D eigenvalue weighted by Crippen LogP contribution is -2.19. The summed E-state index contributed by atoms with van der Waals surface area (Å²) < 4.78 is 44.4. The zero-order valence-corrected chi connectivity index (χ0v) is 19.3. The molecule has 0 heterocycles. The van der Waals surface area contributed by atoms with E-state index >= 15 is 0 Å². The van der Waals surface area contributed by atoms with E-state index in [1.54, 1.807) is 0 Å². The maximum Gasteiger partial charge on any atom is 0.417 e. The Kier molecular flexibility index (Phi) is 7.67. The summed E-state index contributed by atoms with van der Waals surface area (Å²) in [5.74, 6) is -3.49. The van der Waals surface area contributed by atoms with Crippen LogP contribution in [-0.4, -0.2) is 34.9 Å². The van der Waals surface area contributed by atoms with Gasteiger partial charge >= 0.3 is 12.1 Å². The van der Waals surface area contributed by atoms with E-state index in [1.165, 1.54) is 13.2 Å². The minimum Gasteiger partial charge on any atom is -0.494 e. The molecule has 0 aromatic heterocycles. The second-order valence-corrected chi connectivity index (χ2v) is 7.72. The van der Waals surface area contributed by atoms with Gasteiger partial charge in [-0.15, -0.1) is 0 Å². The number of alkyl halides is 3. The number of aromatic carboxylic acids is 1.